The molecule has 1 fully saturated rings. The smallest absolute Gasteiger partial charge is 0.254 e. The molecule has 1 atom stereocenters. The van der Waals surface area contributed by atoms with E-state index in [-0.39, 0.29) is 5.91 Å². The van der Waals surface area contributed by atoms with Crippen LogP contribution in [0.1, 0.15) is 35.9 Å². The first kappa shape index (κ1) is 16.5. The minimum absolute atomic E-state index is 0.0209. The topological polar surface area (TPSA) is 70.4 Å². The Bertz CT molecular complexity index is 698. The van der Waals surface area contributed by atoms with Crippen molar-refractivity contribution in [3.63, 3.8) is 0 Å². The number of aryl methyl sites for hydroxylation is 1. The zero-order valence-electron chi connectivity index (χ0n) is 14.0. The van der Waals surface area contributed by atoms with Gasteiger partial charge in [0.1, 0.15) is 5.82 Å². The molecule has 6 heteroatoms. The van der Waals surface area contributed by atoms with Gasteiger partial charge in [-0.05, 0) is 38.0 Å². The van der Waals surface area contributed by atoms with Gasteiger partial charge in [-0.1, -0.05) is 6.07 Å². The highest BCUT2D eigenvalue weighted by Crippen LogP contribution is 2.17. The van der Waals surface area contributed by atoms with Gasteiger partial charge in [0.25, 0.3) is 5.91 Å². The number of piperidine rings is 1. The number of β-amino-alcohol motifs (C(OH)–C–C–N with tert-alkyl or cyclic N) is 1. The van der Waals surface area contributed by atoms with Crippen molar-refractivity contribution in [2.24, 2.45) is 0 Å². The number of aliphatic hydroxyl groups is 1. The predicted octanol–water partition coefficient (Wildman–Crippen LogP) is 2.11. The molecular formula is C18H24N4O2. The third kappa shape index (κ3) is 3.76. The molecule has 1 aromatic carbocycles. The second-order valence-corrected chi connectivity index (χ2v) is 6.11. The number of benzene rings is 1. The molecule has 1 amide bonds. The van der Waals surface area contributed by atoms with Gasteiger partial charge in [-0.25, -0.2) is 4.98 Å². The second kappa shape index (κ2) is 7.49. The van der Waals surface area contributed by atoms with Crippen molar-refractivity contribution in [3.05, 3.63) is 48.0 Å². The summed E-state index contributed by atoms with van der Waals surface area (Å²) < 4.78 is 2.08. The van der Waals surface area contributed by atoms with Crippen molar-refractivity contribution in [1.82, 2.24) is 14.5 Å². The summed E-state index contributed by atoms with van der Waals surface area (Å²) in [6.45, 7) is 4.71. The zero-order valence-corrected chi connectivity index (χ0v) is 14.0. The van der Waals surface area contributed by atoms with E-state index < -0.39 is 6.10 Å². The van der Waals surface area contributed by atoms with Crippen LogP contribution >= 0.6 is 0 Å². The van der Waals surface area contributed by atoms with Crippen molar-refractivity contribution < 1.29 is 9.90 Å². The van der Waals surface area contributed by atoms with Crippen LogP contribution in [0.25, 0.3) is 0 Å². The van der Waals surface area contributed by atoms with E-state index in [1.165, 1.54) is 0 Å². The van der Waals surface area contributed by atoms with Gasteiger partial charge in [0.05, 0.1) is 12.6 Å². The molecule has 6 nitrogen and oxygen atoms in total. The fourth-order valence-corrected chi connectivity index (χ4v) is 3.06. The Kier molecular flexibility index (Phi) is 5.15. The number of anilines is 1. The molecule has 1 saturated heterocycles. The van der Waals surface area contributed by atoms with Crippen LogP contribution in [0.2, 0.25) is 0 Å². The van der Waals surface area contributed by atoms with E-state index in [1.807, 2.05) is 30.5 Å². The molecule has 0 aliphatic carbocycles. The Balaban J connectivity index is 1.66. The highest BCUT2D eigenvalue weighted by molar-refractivity contribution is 5.95. The molecule has 2 N–H and O–H groups in total. The van der Waals surface area contributed by atoms with Crippen LogP contribution in [0.5, 0.6) is 0 Å². The molecule has 1 aliphatic rings. The lowest BCUT2D eigenvalue weighted by atomic mass is 10.1. The van der Waals surface area contributed by atoms with E-state index in [0.29, 0.717) is 25.2 Å². The number of aromatic nitrogens is 2. The molecule has 0 saturated carbocycles. The van der Waals surface area contributed by atoms with Gasteiger partial charge in [0, 0.05) is 43.3 Å². The number of hydrogen-bond acceptors (Lipinski definition) is 4. The summed E-state index contributed by atoms with van der Waals surface area (Å²) in [6.07, 6.45) is 4.97. The molecule has 1 aliphatic heterocycles. The standard InChI is InChI=1S/C18H24N4O2/c1-2-21-10-8-19-17(21)12-20-15-6-3-5-14(11-15)18(24)22-9-4-7-16(23)13-22/h3,5-6,8,10-11,16,20,23H,2,4,7,9,12-13H2,1H3. The molecule has 2 heterocycles. The van der Waals surface area contributed by atoms with E-state index in [0.717, 1.165) is 30.9 Å². The molecule has 3 rings (SSSR count). The summed E-state index contributed by atoms with van der Waals surface area (Å²) in [6, 6.07) is 7.51. The molecule has 2 aromatic rings. The number of nitrogens with one attached hydrogen (secondary N) is 1. The quantitative estimate of drug-likeness (QED) is 0.882. The Morgan fingerprint density at radius 3 is 3.12 bits per heavy atom. The SMILES string of the molecule is CCn1ccnc1CNc1cccc(C(=O)N2CCCC(O)C2)c1. The molecular weight excluding hydrogens is 304 g/mol. The second-order valence-electron chi connectivity index (χ2n) is 6.11. The predicted molar refractivity (Wildman–Crippen MR) is 92.8 cm³/mol. The Morgan fingerprint density at radius 1 is 1.46 bits per heavy atom. The normalized spacial score (nSPS) is 17.8. The highest BCUT2D eigenvalue weighted by atomic mass is 16.3. The van der Waals surface area contributed by atoms with Gasteiger partial charge >= 0.3 is 0 Å². The molecule has 1 aromatic heterocycles. The third-order valence-corrected chi connectivity index (χ3v) is 4.39. The van der Waals surface area contributed by atoms with E-state index >= 15 is 0 Å². The number of likely N-dealkylation sites (tertiary alicyclic amines) is 1. The monoisotopic (exact) mass is 328 g/mol. The number of amides is 1. The van der Waals surface area contributed by atoms with Crippen LogP contribution in [0.3, 0.4) is 0 Å². The first-order valence-electron chi connectivity index (χ1n) is 8.48. The largest absolute Gasteiger partial charge is 0.391 e. The lowest BCUT2D eigenvalue weighted by molar-refractivity contribution is 0.0474. The fraction of sp³-hybridized carbons (Fsp3) is 0.444. The zero-order chi connectivity index (χ0) is 16.9. The van der Waals surface area contributed by atoms with Crippen molar-refractivity contribution in [1.29, 1.82) is 0 Å². The summed E-state index contributed by atoms with van der Waals surface area (Å²) in [5.74, 6) is 0.945. The van der Waals surface area contributed by atoms with Gasteiger partial charge in [-0.3, -0.25) is 4.79 Å². The van der Waals surface area contributed by atoms with Crippen molar-refractivity contribution in [2.45, 2.75) is 39.0 Å². The maximum atomic E-state index is 12.6. The van der Waals surface area contributed by atoms with Crippen LogP contribution in [0.4, 0.5) is 5.69 Å². The van der Waals surface area contributed by atoms with Gasteiger partial charge in [-0.2, -0.15) is 0 Å². The van der Waals surface area contributed by atoms with Gasteiger partial charge in [0.15, 0.2) is 0 Å². The molecule has 128 valence electrons. The third-order valence-electron chi connectivity index (χ3n) is 4.39. The molecule has 1 unspecified atom stereocenters. The highest BCUT2D eigenvalue weighted by Gasteiger charge is 2.23. The number of aliphatic hydroxyl groups excluding tert-OH is 1. The number of imidazole rings is 1. The molecule has 0 spiro atoms. The van der Waals surface area contributed by atoms with Crippen molar-refractivity contribution in [3.8, 4) is 0 Å². The minimum atomic E-state index is -0.406. The maximum absolute atomic E-state index is 12.6. The summed E-state index contributed by atoms with van der Waals surface area (Å²) in [7, 11) is 0. The first-order valence-corrected chi connectivity index (χ1v) is 8.48. The van der Waals surface area contributed by atoms with E-state index in [2.05, 4.69) is 21.8 Å². The summed E-state index contributed by atoms with van der Waals surface area (Å²) in [4.78, 5) is 18.7. The maximum Gasteiger partial charge on any atom is 0.254 e. The van der Waals surface area contributed by atoms with Crippen molar-refractivity contribution in [2.75, 3.05) is 18.4 Å². The first-order chi connectivity index (χ1) is 11.7. The lowest BCUT2D eigenvalue weighted by Gasteiger charge is -2.30. The summed E-state index contributed by atoms with van der Waals surface area (Å²) in [5, 5.41) is 13.1. The van der Waals surface area contributed by atoms with E-state index in [9.17, 15) is 9.90 Å². The Hall–Kier alpha value is -2.34. The minimum Gasteiger partial charge on any atom is -0.391 e. The van der Waals surface area contributed by atoms with E-state index in [1.54, 1.807) is 11.1 Å². The number of carbonyl (C=O) groups excluding carboxylic acids is 1. The van der Waals surface area contributed by atoms with Crippen LogP contribution in [-0.2, 0) is 13.1 Å². The van der Waals surface area contributed by atoms with Gasteiger partial charge < -0.3 is 19.9 Å². The molecule has 0 bridgehead atoms. The number of rotatable bonds is 5. The lowest BCUT2D eigenvalue weighted by Crippen LogP contribution is -2.42. The average Bonchev–Trinajstić information content (AvgIpc) is 3.07. The van der Waals surface area contributed by atoms with E-state index in [4.69, 9.17) is 0 Å². The van der Waals surface area contributed by atoms with Crippen LogP contribution in [0.15, 0.2) is 36.7 Å². The summed E-state index contributed by atoms with van der Waals surface area (Å²) in [5.41, 5.74) is 1.54. The average molecular weight is 328 g/mol. The molecule has 0 radical (unpaired) electrons. The number of nitrogens with zero attached hydrogens (tertiary/aromatic N) is 3. The Labute approximate surface area is 142 Å². The van der Waals surface area contributed by atoms with Crippen LogP contribution in [0, 0.1) is 0 Å². The summed E-state index contributed by atoms with van der Waals surface area (Å²) >= 11 is 0. The van der Waals surface area contributed by atoms with Gasteiger partial charge in [0.2, 0.25) is 0 Å². The van der Waals surface area contributed by atoms with Gasteiger partial charge in [-0.15, -0.1) is 0 Å². The van der Waals surface area contributed by atoms with Crippen LogP contribution < -0.4 is 5.32 Å². The fourth-order valence-electron chi connectivity index (χ4n) is 3.06. The Morgan fingerprint density at radius 2 is 2.33 bits per heavy atom. The van der Waals surface area contributed by atoms with Crippen LogP contribution in [-0.4, -0.2) is 44.7 Å². The van der Waals surface area contributed by atoms with Crippen molar-refractivity contribution >= 4 is 11.6 Å². The number of carbonyl (C=O) groups is 1. The number of hydrogen-bond donors (Lipinski definition) is 2. The molecule has 24 heavy (non-hydrogen) atoms.